The number of rotatable bonds is 0. The van der Waals surface area contributed by atoms with E-state index in [9.17, 15) is 0 Å². The third kappa shape index (κ3) is 1.20. The van der Waals surface area contributed by atoms with Crippen molar-refractivity contribution >= 4 is 12.4 Å². The third-order valence-corrected chi connectivity index (χ3v) is 2.10. The standard InChI is InChI=1S/C6H11NO.ClH/c1-2-8-6-4-7-3-5(1)6;/h5-7H,1-4H2;1H. The summed E-state index contributed by atoms with van der Waals surface area (Å²) >= 11 is 0. The summed E-state index contributed by atoms with van der Waals surface area (Å²) in [5, 5.41) is 3.30. The molecule has 2 heterocycles. The second-order valence-electron chi connectivity index (χ2n) is 2.62. The molecule has 2 aliphatic heterocycles. The average molecular weight is 150 g/mol. The van der Waals surface area contributed by atoms with E-state index >= 15 is 0 Å². The summed E-state index contributed by atoms with van der Waals surface area (Å²) in [6.07, 6.45) is 1.84. The molecule has 0 amide bonds. The molecular weight excluding hydrogens is 138 g/mol. The lowest BCUT2D eigenvalue weighted by molar-refractivity contribution is 0.112. The van der Waals surface area contributed by atoms with E-state index in [4.69, 9.17) is 4.74 Å². The molecule has 2 rings (SSSR count). The van der Waals surface area contributed by atoms with Crippen LogP contribution in [0.4, 0.5) is 0 Å². The summed E-state index contributed by atoms with van der Waals surface area (Å²) in [4.78, 5) is 0. The molecule has 0 saturated carbocycles. The van der Waals surface area contributed by atoms with Crippen LogP contribution in [0.25, 0.3) is 0 Å². The minimum Gasteiger partial charge on any atom is -0.377 e. The zero-order valence-electron chi connectivity index (χ0n) is 5.30. The van der Waals surface area contributed by atoms with Gasteiger partial charge in [0.15, 0.2) is 0 Å². The van der Waals surface area contributed by atoms with Crippen molar-refractivity contribution in [3.8, 4) is 0 Å². The van der Waals surface area contributed by atoms with Gasteiger partial charge in [0.05, 0.1) is 6.10 Å². The van der Waals surface area contributed by atoms with Crippen LogP contribution in [0.15, 0.2) is 0 Å². The average Bonchev–Trinajstić information content (AvgIpc) is 2.15. The maximum Gasteiger partial charge on any atom is 0.0740 e. The highest BCUT2D eigenvalue weighted by Gasteiger charge is 2.31. The minimum atomic E-state index is 0. The maximum atomic E-state index is 5.41. The van der Waals surface area contributed by atoms with Crippen LogP contribution < -0.4 is 5.32 Å². The Labute approximate surface area is 61.4 Å². The summed E-state index contributed by atoms with van der Waals surface area (Å²) in [6, 6.07) is 0. The van der Waals surface area contributed by atoms with E-state index in [1.807, 2.05) is 0 Å². The van der Waals surface area contributed by atoms with E-state index in [0.717, 1.165) is 19.1 Å². The Morgan fingerprint density at radius 2 is 2.22 bits per heavy atom. The first-order valence-electron chi connectivity index (χ1n) is 3.29. The second kappa shape index (κ2) is 2.86. The molecule has 0 radical (unpaired) electrons. The number of fused-ring (bicyclic) bond motifs is 1. The summed E-state index contributed by atoms with van der Waals surface area (Å²) in [6.45, 7) is 3.27. The highest BCUT2D eigenvalue weighted by Crippen LogP contribution is 2.22. The summed E-state index contributed by atoms with van der Waals surface area (Å²) in [7, 11) is 0. The van der Waals surface area contributed by atoms with Crippen molar-refractivity contribution in [2.45, 2.75) is 12.5 Å². The van der Waals surface area contributed by atoms with Crippen LogP contribution in [0, 0.1) is 5.92 Å². The van der Waals surface area contributed by atoms with Crippen molar-refractivity contribution in [2.24, 2.45) is 5.92 Å². The molecule has 54 valence electrons. The fourth-order valence-corrected chi connectivity index (χ4v) is 1.56. The van der Waals surface area contributed by atoms with Gasteiger partial charge >= 0.3 is 0 Å². The molecule has 0 bridgehead atoms. The van der Waals surface area contributed by atoms with Gasteiger partial charge in [-0.1, -0.05) is 0 Å². The molecule has 2 atom stereocenters. The van der Waals surface area contributed by atoms with E-state index in [0.29, 0.717) is 6.10 Å². The molecule has 9 heavy (non-hydrogen) atoms. The lowest BCUT2D eigenvalue weighted by Gasteiger charge is -2.02. The van der Waals surface area contributed by atoms with Gasteiger partial charge in [-0.3, -0.25) is 0 Å². The topological polar surface area (TPSA) is 21.3 Å². The normalized spacial score (nSPS) is 40.0. The Hall–Kier alpha value is 0.210. The molecular formula is C6H12ClNO. The summed E-state index contributed by atoms with van der Waals surface area (Å²) in [5.74, 6) is 0.843. The molecule has 2 fully saturated rings. The lowest BCUT2D eigenvalue weighted by atomic mass is 10.1. The SMILES string of the molecule is C1CC2CNCC2O1.Cl. The van der Waals surface area contributed by atoms with E-state index < -0.39 is 0 Å². The molecule has 1 N–H and O–H groups in total. The predicted octanol–water partition coefficient (Wildman–Crippen LogP) is 0.416. The highest BCUT2D eigenvalue weighted by molar-refractivity contribution is 5.85. The van der Waals surface area contributed by atoms with Gasteiger partial charge in [0.2, 0.25) is 0 Å². The van der Waals surface area contributed by atoms with Gasteiger partial charge in [0.25, 0.3) is 0 Å². The Balaban J connectivity index is 0.000000405. The Morgan fingerprint density at radius 3 is 3.00 bits per heavy atom. The molecule has 0 aromatic carbocycles. The Morgan fingerprint density at radius 1 is 1.33 bits per heavy atom. The molecule has 2 unspecified atom stereocenters. The number of nitrogens with one attached hydrogen (secondary N) is 1. The molecule has 0 aliphatic carbocycles. The molecule has 2 nitrogen and oxygen atoms in total. The van der Waals surface area contributed by atoms with Gasteiger partial charge in [0, 0.05) is 25.6 Å². The van der Waals surface area contributed by atoms with Crippen molar-refractivity contribution in [3.05, 3.63) is 0 Å². The molecule has 2 saturated heterocycles. The molecule has 0 spiro atoms. The van der Waals surface area contributed by atoms with E-state index in [-0.39, 0.29) is 12.4 Å². The fraction of sp³-hybridized carbons (Fsp3) is 1.00. The van der Waals surface area contributed by atoms with Crippen LogP contribution in [0.1, 0.15) is 6.42 Å². The monoisotopic (exact) mass is 149 g/mol. The van der Waals surface area contributed by atoms with Crippen LogP contribution in [-0.4, -0.2) is 25.8 Å². The van der Waals surface area contributed by atoms with E-state index in [2.05, 4.69) is 5.32 Å². The Kier molecular flexibility index (Phi) is 2.33. The Bertz CT molecular complexity index is 79.1. The molecule has 0 aromatic rings. The van der Waals surface area contributed by atoms with Crippen LogP contribution in [0.3, 0.4) is 0 Å². The van der Waals surface area contributed by atoms with Gasteiger partial charge in [-0.15, -0.1) is 12.4 Å². The highest BCUT2D eigenvalue weighted by atomic mass is 35.5. The van der Waals surface area contributed by atoms with Gasteiger partial charge in [-0.25, -0.2) is 0 Å². The zero-order chi connectivity index (χ0) is 5.40. The first kappa shape index (κ1) is 7.32. The van der Waals surface area contributed by atoms with Crippen molar-refractivity contribution in [1.29, 1.82) is 0 Å². The van der Waals surface area contributed by atoms with Crippen LogP contribution in [0.5, 0.6) is 0 Å². The second-order valence-corrected chi connectivity index (χ2v) is 2.62. The molecule has 0 aromatic heterocycles. The molecule has 2 aliphatic rings. The predicted molar refractivity (Wildman–Crippen MR) is 38.0 cm³/mol. The largest absolute Gasteiger partial charge is 0.377 e. The van der Waals surface area contributed by atoms with E-state index in [1.54, 1.807) is 0 Å². The zero-order valence-corrected chi connectivity index (χ0v) is 6.12. The number of hydrogen-bond acceptors (Lipinski definition) is 2. The van der Waals surface area contributed by atoms with Gasteiger partial charge < -0.3 is 10.1 Å². The van der Waals surface area contributed by atoms with Crippen LogP contribution in [-0.2, 0) is 4.74 Å². The first-order chi connectivity index (χ1) is 3.97. The van der Waals surface area contributed by atoms with Crippen molar-refractivity contribution < 1.29 is 4.74 Å². The fourth-order valence-electron chi connectivity index (χ4n) is 1.56. The maximum absolute atomic E-state index is 5.41. The summed E-state index contributed by atoms with van der Waals surface area (Å²) in [5.41, 5.74) is 0. The number of halogens is 1. The van der Waals surface area contributed by atoms with Gasteiger partial charge in [-0.2, -0.15) is 0 Å². The van der Waals surface area contributed by atoms with Crippen LogP contribution in [0.2, 0.25) is 0 Å². The number of ether oxygens (including phenoxy) is 1. The van der Waals surface area contributed by atoms with Gasteiger partial charge in [-0.05, 0) is 6.42 Å². The van der Waals surface area contributed by atoms with Crippen molar-refractivity contribution in [1.82, 2.24) is 5.32 Å². The van der Waals surface area contributed by atoms with Crippen molar-refractivity contribution in [3.63, 3.8) is 0 Å². The van der Waals surface area contributed by atoms with Crippen molar-refractivity contribution in [2.75, 3.05) is 19.7 Å². The van der Waals surface area contributed by atoms with Crippen LogP contribution >= 0.6 is 12.4 Å². The first-order valence-corrected chi connectivity index (χ1v) is 3.29. The lowest BCUT2D eigenvalue weighted by Crippen LogP contribution is -2.14. The van der Waals surface area contributed by atoms with E-state index in [1.165, 1.54) is 13.0 Å². The smallest absolute Gasteiger partial charge is 0.0740 e. The quantitative estimate of drug-likeness (QED) is 0.539. The third-order valence-electron chi connectivity index (χ3n) is 2.10. The summed E-state index contributed by atoms with van der Waals surface area (Å²) < 4.78 is 5.41. The molecule has 3 heteroatoms. The van der Waals surface area contributed by atoms with Gasteiger partial charge in [0.1, 0.15) is 0 Å². The number of hydrogen-bond donors (Lipinski definition) is 1. The minimum absolute atomic E-state index is 0.